The van der Waals surface area contributed by atoms with Crippen molar-refractivity contribution < 1.29 is 14.8 Å². The number of hydrogen-bond acceptors (Lipinski definition) is 3. The molecular weight excluding hydrogens is 578 g/mol. The van der Waals surface area contributed by atoms with Crippen molar-refractivity contribution in [2.45, 2.75) is 54.3 Å². The highest BCUT2D eigenvalue weighted by molar-refractivity contribution is 6.09. The second kappa shape index (κ2) is 11.8. The summed E-state index contributed by atoms with van der Waals surface area (Å²) < 4.78 is 47.3. The normalized spacial score (nSPS) is 14.1. The molecule has 0 aliphatic carbocycles. The first-order valence-electron chi connectivity index (χ1n) is 17.8. The van der Waals surface area contributed by atoms with E-state index in [1.807, 2.05) is 136 Å². The summed E-state index contributed by atoms with van der Waals surface area (Å²) in [4.78, 5) is 9.16. The first-order valence-corrected chi connectivity index (χ1v) is 15.8. The van der Waals surface area contributed by atoms with Crippen LogP contribution in [0.1, 0.15) is 58.2 Å². The van der Waals surface area contributed by atoms with Gasteiger partial charge in [-0.1, -0.05) is 77.4 Å². The van der Waals surface area contributed by atoms with Gasteiger partial charge < -0.3 is 4.74 Å². The molecular formula is C41H41N5O. The van der Waals surface area contributed by atoms with Crippen molar-refractivity contribution in [2.75, 3.05) is 0 Å². The number of aromatic nitrogens is 5. The molecule has 0 saturated heterocycles. The van der Waals surface area contributed by atoms with Crippen molar-refractivity contribution in [3.63, 3.8) is 0 Å². The third-order valence-corrected chi connectivity index (χ3v) is 7.58. The minimum atomic E-state index is -1.57. The van der Waals surface area contributed by atoms with Crippen molar-refractivity contribution in [1.82, 2.24) is 19.1 Å². The van der Waals surface area contributed by atoms with E-state index < -0.39 is 23.6 Å². The van der Waals surface area contributed by atoms with Crippen LogP contribution in [0.5, 0.6) is 11.5 Å². The van der Waals surface area contributed by atoms with Gasteiger partial charge in [0.15, 0.2) is 0 Å². The second-order valence-electron chi connectivity index (χ2n) is 13.9. The topological polar surface area (TPSA) is 48.8 Å². The minimum Gasteiger partial charge on any atom is -0.456 e. The molecule has 0 bridgehead atoms. The van der Waals surface area contributed by atoms with Crippen LogP contribution in [0, 0.1) is 17.2 Å². The highest BCUT2D eigenvalue weighted by Gasteiger charge is 2.17. The molecule has 0 aliphatic rings. The molecule has 0 N–H and O–H groups in total. The van der Waals surface area contributed by atoms with Crippen LogP contribution in [-0.4, -0.2) is 19.1 Å². The molecule has 7 rings (SSSR count). The highest BCUT2D eigenvalue weighted by Crippen LogP contribution is 2.35. The van der Waals surface area contributed by atoms with Gasteiger partial charge in [0.05, 0.1) is 28.6 Å². The average Bonchev–Trinajstić information content (AvgIpc) is 3.71. The summed E-state index contributed by atoms with van der Waals surface area (Å²) in [5.41, 5.74) is 3.41. The monoisotopic (exact) mass is 623 g/mol. The summed E-state index contributed by atoms with van der Waals surface area (Å²) >= 11 is 0. The van der Waals surface area contributed by atoms with Crippen molar-refractivity contribution >= 4 is 21.8 Å². The van der Waals surface area contributed by atoms with Crippen molar-refractivity contribution in [3.05, 3.63) is 133 Å². The van der Waals surface area contributed by atoms with E-state index >= 15 is 0 Å². The van der Waals surface area contributed by atoms with Crippen LogP contribution >= 0.6 is 0 Å². The Morgan fingerprint density at radius 1 is 0.766 bits per heavy atom. The number of ether oxygens (including phenoxy) is 1. The molecule has 6 nitrogen and oxygen atoms in total. The molecule has 0 spiro atoms. The van der Waals surface area contributed by atoms with E-state index in [1.54, 1.807) is 24.7 Å². The highest BCUT2D eigenvalue weighted by atomic mass is 16.5. The molecule has 0 aliphatic heterocycles. The van der Waals surface area contributed by atoms with Crippen molar-refractivity contribution in [1.29, 1.82) is 0 Å². The number of rotatable bonds is 7. The van der Waals surface area contributed by atoms with Crippen molar-refractivity contribution in [2.24, 2.45) is 10.8 Å². The fourth-order valence-electron chi connectivity index (χ4n) is 5.81. The van der Waals surface area contributed by atoms with Gasteiger partial charge in [0.1, 0.15) is 17.3 Å². The molecule has 7 aromatic rings. The van der Waals surface area contributed by atoms with Gasteiger partial charge >= 0.3 is 0 Å². The molecule has 4 heterocycles. The largest absolute Gasteiger partial charge is 0.456 e. The Hall–Kier alpha value is -5.23. The smallest absolute Gasteiger partial charge is 0.268 e. The van der Waals surface area contributed by atoms with Crippen LogP contribution in [0.2, 0.25) is 0 Å². The third-order valence-electron chi connectivity index (χ3n) is 7.58. The molecule has 0 fully saturated rings. The molecule has 0 atom stereocenters. The first-order chi connectivity index (χ1) is 24.0. The molecule has 0 saturated carbocycles. The summed E-state index contributed by atoms with van der Waals surface area (Å²) in [7, 11) is 0. The summed E-state index contributed by atoms with van der Waals surface area (Å²) in [6.45, 7) is 11.4. The van der Waals surface area contributed by atoms with Gasteiger partial charge in [-0.3, -0.25) is 18.7 Å². The molecule has 0 amide bonds. The molecule has 6 heteroatoms. The summed E-state index contributed by atoms with van der Waals surface area (Å²) in [5.74, 6) is 1.79. The lowest BCUT2D eigenvalue weighted by Gasteiger charge is -2.18. The summed E-state index contributed by atoms with van der Waals surface area (Å²) in [6.07, 6.45) is 9.06. The van der Waals surface area contributed by atoms with Crippen LogP contribution in [0.25, 0.3) is 39.0 Å². The van der Waals surface area contributed by atoms with Crippen LogP contribution < -0.4 is 9.30 Å². The summed E-state index contributed by atoms with van der Waals surface area (Å²) in [5, 5.41) is 2.09. The fourth-order valence-corrected chi connectivity index (χ4v) is 5.81. The van der Waals surface area contributed by atoms with Crippen LogP contribution in [-0.2, 0) is 12.7 Å². The van der Waals surface area contributed by atoms with Gasteiger partial charge in [0.2, 0.25) is 0 Å². The Morgan fingerprint density at radius 3 is 2.34 bits per heavy atom. The zero-order valence-corrected chi connectivity index (χ0v) is 27.6. The SMILES string of the molecule is [2H]C([2H])(c1cccc(-[n+]2[c-]n(-c3cncc(Oc4ccc5c6ccccc6n(-c6cc(C([2H])([2H])C(C)(C)C)ccn6)c5c4)c3)cc2)c1)C(C)(C)C. The lowest BCUT2D eigenvalue weighted by atomic mass is 9.88. The van der Waals surface area contributed by atoms with Crippen LogP contribution in [0.4, 0.5) is 0 Å². The van der Waals surface area contributed by atoms with E-state index in [2.05, 4.69) is 21.9 Å². The zero-order chi connectivity index (χ0) is 36.3. The number of fused-ring (bicyclic) bond motifs is 3. The Bertz CT molecular complexity index is 2400. The van der Waals surface area contributed by atoms with Crippen LogP contribution in [0.15, 0.2) is 116 Å². The van der Waals surface area contributed by atoms with E-state index in [9.17, 15) is 0 Å². The molecule has 4 aromatic heterocycles. The number of benzene rings is 3. The van der Waals surface area contributed by atoms with Gasteiger partial charge in [-0.15, -0.1) is 0 Å². The maximum absolute atomic E-state index is 8.89. The Balaban J connectivity index is 1.22. The molecule has 0 unspecified atom stereocenters. The number of pyridine rings is 2. The second-order valence-corrected chi connectivity index (χ2v) is 13.9. The van der Waals surface area contributed by atoms with E-state index in [-0.39, 0.29) is 0 Å². The predicted octanol–water partition coefficient (Wildman–Crippen LogP) is 9.41. The lowest BCUT2D eigenvalue weighted by molar-refractivity contribution is -0.599. The van der Waals surface area contributed by atoms with Crippen LogP contribution in [0.3, 0.4) is 0 Å². The number of nitrogens with zero attached hydrogens (tertiary/aromatic N) is 5. The van der Waals surface area contributed by atoms with E-state index in [0.29, 0.717) is 28.4 Å². The maximum Gasteiger partial charge on any atom is 0.268 e. The Kier molecular flexibility index (Phi) is 6.53. The van der Waals surface area contributed by atoms with E-state index in [0.717, 1.165) is 33.2 Å². The Labute approximate surface area is 282 Å². The maximum atomic E-state index is 8.89. The number of hydrogen-bond donors (Lipinski definition) is 0. The number of imidazole rings is 1. The average molecular weight is 624 g/mol. The molecule has 236 valence electrons. The van der Waals surface area contributed by atoms with E-state index in [4.69, 9.17) is 15.2 Å². The minimum absolute atomic E-state index is 0.544. The first kappa shape index (κ1) is 25.9. The number of para-hydroxylation sites is 1. The molecule has 3 aromatic carbocycles. The fraction of sp³-hybridized carbons (Fsp3) is 0.244. The summed E-state index contributed by atoms with van der Waals surface area (Å²) in [6, 6.07) is 27.1. The molecule has 47 heavy (non-hydrogen) atoms. The van der Waals surface area contributed by atoms with Crippen molar-refractivity contribution in [3.8, 4) is 28.7 Å². The van der Waals surface area contributed by atoms with Gasteiger partial charge in [-0.05, 0) is 77.7 Å². The standard InChI is InChI=1S/C41H41N5O/c1-40(2,3)24-29-10-9-11-31(20-29)44-18-19-45(28-44)32-22-34(27-42-26-32)47-33-14-15-36-35-12-7-8-13-37(35)46(38(36)23-33)39-21-30(16-17-43-39)25-41(4,5)6/h7-23,26-27H,24-25H2,1-6H3/i24D2,25D2. The Morgan fingerprint density at radius 2 is 1.53 bits per heavy atom. The molecule has 0 radical (unpaired) electrons. The van der Waals surface area contributed by atoms with Gasteiger partial charge in [-0.25, -0.2) is 4.98 Å². The zero-order valence-electron chi connectivity index (χ0n) is 31.6. The van der Waals surface area contributed by atoms with Gasteiger partial charge in [0, 0.05) is 47.1 Å². The van der Waals surface area contributed by atoms with Gasteiger partial charge in [-0.2, -0.15) is 0 Å². The lowest BCUT2D eigenvalue weighted by Crippen LogP contribution is -2.28. The third kappa shape index (κ3) is 6.68. The quantitative estimate of drug-likeness (QED) is 0.131. The van der Waals surface area contributed by atoms with E-state index in [1.165, 1.54) is 0 Å². The predicted molar refractivity (Wildman–Crippen MR) is 189 cm³/mol. The van der Waals surface area contributed by atoms with Gasteiger partial charge in [0.25, 0.3) is 6.33 Å².